The van der Waals surface area contributed by atoms with Gasteiger partial charge in [0, 0.05) is 11.9 Å². The van der Waals surface area contributed by atoms with Gasteiger partial charge in [-0.15, -0.1) is 0 Å². The van der Waals surface area contributed by atoms with Gasteiger partial charge in [0.1, 0.15) is 5.82 Å². The van der Waals surface area contributed by atoms with Crippen molar-refractivity contribution in [3.63, 3.8) is 0 Å². The summed E-state index contributed by atoms with van der Waals surface area (Å²) in [6, 6.07) is 3.81. The van der Waals surface area contributed by atoms with Crippen LogP contribution >= 0.6 is 11.8 Å². The van der Waals surface area contributed by atoms with Crippen LogP contribution < -0.4 is 5.73 Å². The fraction of sp³-hybridized carbons (Fsp3) is 0.538. The lowest BCUT2D eigenvalue weighted by Crippen LogP contribution is -2.13. The second kappa shape index (κ2) is 5.61. The highest BCUT2D eigenvalue weighted by atomic mass is 32.2. The van der Waals surface area contributed by atoms with Crippen LogP contribution in [0.4, 0.5) is 5.82 Å². The monoisotopic (exact) mass is 266 g/mol. The molecule has 1 aromatic rings. The number of hydrogen-bond acceptors (Lipinski definition) is 5. The Labute approximate surface area is 111 Å². The van der Waals surface area contributed by atoms with Crippen LogP contribution in [-0.2, 0) is 15.3 Å². The molecule has 98 valence electrons. The number of nitrogens with two attached hydrogens (primary N) is 1. The molecule has 1 aromatic heterocycles. The zero-order valence-electron chi connectivity index (χ0n) is 10.5. The van der Waals surface area contributed by atoms with Crippen molar-refractivity contribution in [3.05, 3.63) is 23.9 Å². The van der Waals surface area contributed by atoms with Gasteiger partial charge in [-0.3, -0.25) is 4.79 Å². The third-order valence-electron chi connectivity index (χ3n) is 3.23. The van der Waals surface area contributed by atoms with Crippen molar-refractivity contribution in [1.29, 1.82) is 0 Å². The van der Waals surface area contributed by atoms with Gasteiger partial charge in [-0.2, -0.15) is 11.8 Å². The smallest absolute Gasteiger partial charge is 0.306 e. The summed E-state index contributed by atoms with van der Waals surface area (Å²) >= 11 is 1.85. The first kappa shape index (κ1) is 13.2. The maximum Gasteiger partial charge on any atom is 0.306 e. The summed E-state index contributed by atoms with van der Waals surface area (Å²) in [7, 11) is 1.45. The molecule has 5 heteroatoms. The number of carbonyl (C=O) groups is 1. The molecule has 0 aliphatic heterocycles. The molecule has 2 N–H and O–H groups in total. The number of thioether (sulfide) groups is 1. The Morgan fingerprint density at radius 3 is 2.89 bits per heavy atom. The first-order chi connectivity index (χ1) is 8.63. The third-order valence-corrected chi connectivity index (χ3v) is 4.58. The Morgan fingerprint density at radius 1 is 1.56 bits per heavy atom. The molecule has 0 aromatic carbocycles. The number of carbonyl (C=O) groups excluding carboxylic acids is 1. The van der Waals surface area contributed by atoms with E-state index >= 15 is 0 Å². The summed E-state index contributed by atoms with van der Waals surface area (Å²) in [5, 5.41) is 0. The molecule has 0 atom stereocenters. The molecule has 1 heterocycles. The minimum absolute atomic E-state index is 0.0951. The van der Waals surface area contributed by atoms with Crippen LogP contribution in [0.5, 0.6) is 0 Å². The quantitative estimate of drug-likeness (QED) is 0.800. The normalized spacial score (nSPS) is 16.3. The molecular formula is C13H18N2O2S. The molecule has 1 aliphatic rings. The number of pyridine rings is 1. The largest absolute Gasteiger partial charge is 0.469 e. The highest BCUT2D eigenvalue weighted by molar-refractivity contribution is 7.98. The van der Waals surface area contributed by atoms with E-state index in [0.717, 1.165) is 24.3 Å². The van der Waals surface area contributed by atoms with Crippen molar-refractivity contribution >= 4 is 23.5 Å². The zero-order chi connectivity index (χ0) is 13.0. The lowest BCUT2D eigenvalue weighted by atomic mass is 10.1. The van der Waals surface area contributed by atoms with Crippen LogP contribution in [-0.4, -0.2) is 23.8 Å². The van der Waals surface area contributed by atoms with Gasteiger partial charge < -0.3 is 10.5 Å². The number of nitrogen functional groups attached to an aromatic ring is 1. The van der Waals surface area contributed by atoms with E-state index < -0.39 is 0 Å². The summed E-state index contributed by atoms with van der Waals surface area (Å²) in [6.07, 6.45) is 4.63. The predicted octanol–water partition coefficient (Wildman–Crippen LogP) is 2.24. The maximum absolute atomic E-state index is 11.3. The minimum atomic E-state index is -0.0951. The van der Waals surface area contributed by atoms with Crippen molar-refractivity contribution in [2.24, 2.45) is 5.41 Å². The molecular weight excluding hydrogens is 248 g/mol. The van der Waals surface area contributed by atoms with E-state index in [1.54, 1.807) is 0 Å². The molecule has 0 bridgehead atoms. The average molecular weight is 266 g/mol. The van der Waals surface area contributed by atoms with Crippen LogP contribution in [0, 0.1) is 5.41 Å². The molecule has 1 saturated carbocycles. The van der Waals surface area contributed by atoms with E-state index in [9.17, 15) is 4.79 Å². The van der Waals surface area contributed by atoms with Crippen molar-refractivity contribution in [3.8, 4) is 0 Å². The number of nitrogens with zero attached hydrogens (tertiary/aromatic N) is 1. The van der Waals surface area contributed by atoms with Gasteiger partial charge >= 0.3 is 5.97 Å². The van der Waals surface area contributed by atoms with Crippen LogP contribution in [0.1, 0.15) is 24.8 Å². The van der Waals surface area contributed by atoms with Gasteiger partial charge in [-0.25, -0.2) is 4.98 Å². The Hall–Kier alpha value is -1.23. The second-order valence-electron chi connectivity index (χ2n) is 4.84. The van der Waals surface area contributed by atoms with Crippen molar-refractivity contribution < 1.29 is 9.53 Å². The number of ether oxygens (including phenoxy) is 1. The lowest BCUT2D eigenvalue weighted by molar-refractivity contribution is -0.141. The van der Waals surface area contributed by atoms with Gasteiger partial charge in [-0.1, -0.05) is 6.07 Å². The molecule has 2 rings (SSSR count). The zero-order valence-corrected chi connectivity index (χ0v) is 11.3. The van der Waals surface area contributed by atoms with E-state index in [0.29, 0.717) is 12.2 Å². The molecule has 0 spiro atoms. The molecule has 0 saturated heterocycles. The second-order valence-corrected chi connectivity index (χ2v) is 5.82. The first-order valence-corrected chi connectivity index (χ1v) is 7.14. The molecule has 0 radical (unpaired) electrons. The SMILES string of the molecule is COC(=O)CC1(CSCc2ccc(N)nc2)CC1. The third kappa shape index (κ3) is 3.63. The van der Waals surface area contributed by atoms with Crippen molar-refractivity contribution in [2.75, 3.05) is 18.6 Å². The lowest BCUT2D eigenvalue weighted by Gasteiger charge is -2.12. The number of aromatic nitrogens is 1. The molecule has 0 unspecified atom stereocenters. The fourth-order valence-corrected chi connectivity index (χ4v) is 3.17. The Bertz CT molecular complexity index is 416. The van der Waals surface area contributed by atoms with Gasteiger partial charge in [0.25, 0.3) is 0 Å². The van der Waals surface area contributed by atoms with E-state index in [1.165, 1.54) is 12.7 Å². The van der Waals surface area contributed by atoms with Gasteiger partial charge in [0.05, 0.1) is 13.5 Å². The van der Waals surface area contributed by atoms with Gasteiger partial charge in [0.2, 0.25) is 0 Å². The summed E-state index contributed by atoms with van der Waals surface area (Å²) in [5.74, 6) is 2.37. The number of methoxy groups -OCH3 is 1. The highest BCUT2D eigenvalue weighted by Gasteiger charge is 2.44. The Morgan fingerprint density at radius 2 is 2.33 bits per heavy atom. The van der Waals surface area contributed by atoms with Gasteiger partial charge in [0.15, 0.2) is 0 Å². The van der Waals surface area contributed by atoms with Crippen molar-refractivity contribution in [1.82, 2.24) is 4.98 Å². The molecule has 0 amide bonds. The molecule has 1 fully saturated rings. The Kier molecular flexibility index (Phi) is 4.11. The molecule has 4 nitrogen and oxygen atoms in total. The van der Waals surface area contributed by atoms with Crippen LogP contribution in [0.3, 0.4) is 0 Å². The minimum Gasteiger partial charge on any atom is -0.469 e. The van der Waals surface area contributed by atoms with E-state index in [1.807, 2.05) is 30.1 Å². The van der Waals surface area contributed by atoms with Crippen LogP contribution in [0.25, 0.3) is 0 Å². The Balaban J connectivity index is 1.75. The number of hydrogen-bond donors (Lipinski definition) is 1. The molecule has 18 heavy (non-hydrogen) atoms. The standard InChI is InChI=1S/C13H18N2O2S/c1-17-12(16)6-13(4-5-13)9-18-8-10-2-3-11(14)15-7-10/h2-3,7H,4-6,8-9H2,1H3,(H2,14,15). The topological polar surface area (TPSA) is 65.2 Å². The van der Waals surface area contributed by atoms with E-state index in [-0.39, 0.29) is 11.4 Å². The molecule has 1 aliphatic carbocycles. The predicted molar refractivity (Wildman–Crippen MR) is 73.1 cm³/mol. The maximum atomic E-state index is 11.3. The van der Waals surface area contributed by atoms with Gasteiger partial charge in [-0.05, 0) is 35.6 Å². The summed E-state index contributed by atoms with van der Waals surface area (Å²) in [4.78, 5) is 15.3. The fourth-order valence-electron chi connectivity index (χ4n) is 1.83. The number of anilines is 1. The summed E-state index contributed by atoms with van der Waals surface area (Å²) < 4.78 is 4.73. The first-order valence-electron chi connectivity index (χ1n) is 5.99. The van der Waals surface area contributed by atoms with Crippen LogP contribution in [0.2, 0.25) is 0 Å². The summed E-state index contributed by atoms with van der Waals surface area (Å²) in [6.45, 7) is 0. The highest BCUT2D eigenvalue weighted by Crippen LogP contribution is 2.51. The average Bonchev–Trinajstić information content (AvgIpc) is 3.11. The number of rotatable bonds is 6. The summed E-state index contributed by atoms with van der Waals surface area (Å²) in [5.41, 5.74) is 6.90. The van der Waals surface area contributed by atoms with E-state index in [4.69, 9.17) is 10.5 Å². The number of esters is 1. The van der Waals surface area contributed by atoms with E-state index in [2.05, 4.69) is 4.98 Å². The van der Waals surface area contributed by atoms with Crippen LogP contribution in [0.15, 0.2) is 18.3 Å². The van der Waals surface area contributed by atoms with Crippen molar-refractivity contribution in [2.45, 2.75) is 25.0 Å².